The summed E-state index contributed by atoms with van der Waals surface area (Å²) in [5.74, 6) is 5.59. The molecule has 0 amide bonds. The van der Waals surface area contributed by atoms with Gasteiger partial charge in [-0.2, -0.15) is 10.4 Å². The van der Waals surface area contributed by atoms with Crippen molar-refractivity contribution >= 4 is 17.1 Å². The molecule has 0 radical (unpaired) electrons. The zero-order valence-corrected chi connectivity index (χ0v) is 14.1. The number of pyridine rings is 1. The molecule has 1 aliphatic heterocycles. The van der Waals surface area contributed by atoms with Crippen molar-refractivity contribution in [3.05, 3.63) is 39.9 Å². The molecule has 0 aromatic carbocycles. The molecule has 8 nitrogen and oxygen atoms in total. The SMILES string of the molecule is CC(=NC1CCCNCC1)/C(=N\N)c1cc(=O)n2c(C#N)c[nH]c2c1. The summed E-state index contributed by atoms with van der Waals surface area (Å²) in [5.41, 5.74) is 2.26. The number of H-pyrrole nitrogens is 1. The molecule has 1 atom stereocenters. The van der Waals surface area contributed by atoms with Crippen molar-refractivity contribution in [1.82, 2.24) is 14.7 Å². The third-order valence-electron chi connectivity index (χ3n) is 4.41. The maximum absolute atomic E-state index is 12.4. The smallest absolute Gasteiger partial charge is 0.257 e. The second kappa shape index (κ2) is 7.32. The maximum atomic E-state index is 12.4. The van der Waals surface area contributed by atoms with Gasteiger partial charge in [0.15, 0.2) is 0 Å². The monoisotopic (exact) mass is 339 g/mol. The number of imidazole rings is 1. The first-order valence-electron chi connectivity index (χ1n) is 8.32. The molecule has 0 bridgehead atoms. The molecule has 2 aromatic heterocycles. The molecular formula is C17H21N7O. The van der Waals surface area contributed by atoms with E-state index < -0.39 is 0 Å². The number of nitrogens with zero attached hydrogens (tertiary/aromatic N) is 4. The average Bonchev–Trinajstić information content (AvgIpc) is 2.85. The van der Waals surface area contributed by atoms with Gasteiger partial charge in [0.1, 0.15) is 23.1 Å². The van der Waals surface area contributed by atoms with E-state index in [-0.39, 0.29) is 17.3 Å². The third-order valence-corrected chi connectivity index (χ3v) is 4.41. The molecule has 0 aliphatic carbocycles. The summed E-state index contributed by atoms with van der Waals surface area (Å²) < 4.78 is 1.32. The van der Waals surface area contributed by atoms with E-state index in [1.54, 1.807) is 6.07 Å². The van der Waals surface area contributed by atoms with Gasteiger partial charge >= 0.3 is 0 Å². The van der Waals surface area contributed by atoms with E-state index in [0.717, 1.165) is 32.4 Å². The molecule has 0 spiro atoms. The number of hydrogen-bond acceptors (Lipinski definition) is 6. The molecule has 1 aliphatic rings. The number of rotatable bonds is 3. The minimum Gasteiger partial charge on any atom is -0.345 e. The fourth-order valence-electron chi connectivity index (χ4n) is 3.19. The molecule has 1 fully saturated rings. The molecule has 1 unspecified atom stereocenters. The van der Waals surface area contributed by atoms with E-state index in [1.807, 2.05) is 13.0 Å². The number of aromatic nitrogens is 2. The number of aliphatic imine (C=N–C) groups is 1. The molecule has 2 aromatic rings. The molecule has 1 saturated heterocycles. The summed E-state index contributed by atoms with van der Waals surface area (Å²) in [5, 5.41) is 16.3. The van der Waals surface area contributed by atoms with Crippen molar-refractivity contribution in [3.8, 4) is 6.07 Å². The summed E-state index contributed by atoms with van der Waals surface area (Å²) >= 11 is 0. The summed E-state index contributed by atoms with van der Waals surface area (Å²) in [6.07, 6.45) is 4.58. The minimum atomic E-state index is -0.307. The Morgan fingerprint density at radius 3 is 3.00 bits per heavy atom. The Kier molecular flexibility index (Phi) is 4.95. The van der Waals surface area contributed by atoms with Crippen LogP contribution in [0.3, 0.4) is 0 Å². The Hall–Kier alpha value is -2.92. The summed E-state index contributed by atoms with van der Waals surface area (Å²) in [6, 6.07) is 5.40. The van der Waals surface area contributed by atoms with Gasteiger partial charge in [0.2, 0.25) is 0 Å². The van der Waals surface area contributed by atoms with Gasteiger partial charge in [-0.1, -0.05) is 0 Å². The second-order valence-electron chi connectivity index (χ2n) is 6.12. The predicted molar refractivity (Wildman–Crippen MR) is 97.1 cm³/mol. The predicted octanol–water partition coefficient (Wildman–Crippen LogP) is 0.765. The van der Waals surface area contributed by atoms with Crippen LogP contribution in [0.1, 0.15) is 37.4 Å². The number of nitriles is 1. The highest BCUT2D eigenvalue weighted by Crippen LogP contribution is 2.12. The fraction of sp³-hybridized carbons (Fsp3) is 0.412. The molecule has 3 rings (SSSR count). The van der Waals surface area contributed by atoms with Crippen LogP contribution >= 0.6 is 0 Å². The van der Waals surface area contributed by atoms with Crippen LogP contribution in [0.15, 0.2) is 33.2 Å². The normalized spacial score (nSPS) is 19.6. The van der Waals surface area contributed by atoms with Gasteiger partial charge in [-0.15, -0.1) is 0 Å². The highest BCUT2D eigenvalue weighted by atomic mass is 16.1. The largest absolute Gasteiger partial charge is 0.345 e. The van der Waals surface area contributed by atoms with Crippen molar-refractivity contribution in [2.24, 2.45) is 15.9 Å². The molecule has 130 valence electrons. The molecular weight excluding hydrogens is 318 g/mol. The number of nitrogens with one attached hydrogen (secondary N) is 2. The Morgan fingerprint density at radius 1 is 1.40 bits per heavy atom. The van der Waals surface area contributed by atoms with Gasteiger partial charge in [-0.25, -0.2) is 0 Å². The lowest BCUT2D eigenvalue weighted by Crippen LogP contribution is -2.22. The second-order valence-corrected chi connectivity index (χ2v) is 6.12. The van der Waals surface area contributed by atoms with Crippen LogP contribution in [0, 0.1) is 11.3 Å². The first-order chi connectivity index (χ1) is 12.1. The first-order valence-corrected chi connectivity index (χ1v) is 8.32. The van der Waals surface area contributed by atoms with E-state index >= 15 is 0 Å². The first kappa shape index (κ1) is 16.9. The molecule has 0 saturated carbocycles. The minimum absolute atomic E-state index is 0.229. The Labute approximate surface area is 145 Å². The van der Waals surface area contributed by atoms with E-state index in [0.29, 0.717) is 22.6 Å². The number of hydrogen-bond donors (Lipinski definition) is 3. The van der Waals surface area contributed by atoms with E-state index in [1.165, 1.54) is 16.7 Å². The van der Waals surface area contributed by atoms with Gasteiger partial charge in [0, 0.05) is 17.8 Å². The number of nitrogens with two attached hydrogens (primary N) is 1. The van der Waals surface area contributed by atoms with E-state index in [9.17, 15) is 4.79 Å². The van der Waals surface area contributed by atoms with Gasteiger partial charge in [0.05, 0.1) is 11.8 Å². The Morgan fingerprint density at radius 2 is 2.24 bits per heavy atom. The van der Waals surface area contributed by atoms with Gasteiger partial charge < -0.3 is 16.1 Å². The lowest BCUT2D eigenvalue weighted by Gasteiger charge is -2.12. The van der Waals surface area contributed by atoms with Crippen molar-refractivity contribution in [1.29, 1.82) is 5.26 Å². The van der Waals surface area contributed by atoms with Crippen LogP contribution in [-0.2, 0) is 0 Å². The quantitative estimate of drug-likeness (QED) is 0.434. The van der Waals surface area contributed by atoms with Crippen LogP contribution < -0.4 is 16.7 Å². The summed E-state index contributed by atoms with van der Waals surface area (Å²) in [4.78, 5) is 20.1. The molecule has 8 heteroatoms. The van der Waals surface area contributed by atoms with Crippen LogP contribution in [-0.4, -0.2) is 39.9 Å². The lowest BCUT2D eigenvalue weighted by atomic mass is 10.1. The lowest BCUT2D eigenvalue weighted by molar-refractivity contribution is 0.602. The number of aromatic amines is 1. The van der Waals surface area contributed by atoms with Crippen LogP contribution in [0.25, 0.3) is 5.65 Å². The maximum Gasteiger partial charge on any atom is 0.257 e. The topological polar surface area (TPSA) is 124 Å². The molecule has 4 N–H and O–H groups in total. The molecule has 25 heavy (non-hydrogen) atoms. The van der Waals surface area contributed by atoms with Gasteiger partial charge in [-0.3, -0.25) is 14.2 Å². The summed E-state index contributed by atoms with van der Waals surface area (Å²) in [6.45, 7) is 3.83. The van der Waals surface area contributed by atoms with E-state index in [4.69, 9.17) is 16.1 Å². The highest BCUT2D eigenvalue weighted by molar-refractivity contribution is 6.47. The average molecular weight is 339 g/mol. The van der Waals surface area contributed by atoms with Crippen molar-refractivity contribution in [2.75, 3.05) is 13.1 Å². The van der Waals surface area contributed by atoms with Crippen LogP contribution in [0.4, 0.5) is 0 Å². The third kappa shape index (κ3) is 3.46. The van der Waals surface area contributed by atoms with Crippen LogP contribution in [0.5, 0.6) is 0 Å². The standard InChI is InChI=1S/C17H21N7O/c1-11(22-13-3-2-5-20-6-4-13)17(23-19)12-7-15-21-10-14(9-18)24(15)16(25)8-12/h7-8,10,13,20-21H,2-6,19H2,1H3/b22-11?,23-17+. The van der Waals surface area contributed by atoms with Crippen molar-refractivity contribution in [2.45, 2.75) is 32.2 Å². The number of hydrazone groups is 1. The summed E-state index contributed by atoms with van der Waals surface area (Å²) in [7, 11) is 0. The van der Waals surface area contributed by atoms with Gasteiger partial charge in [0.25, 0.3) is 5.56 Å². The van der Waals surface area contributed by atoms with Crippen molar-refractivity contribution < 1.29 is 0 Å². The molecule has 3 heterocycles. The van der Waals surface area contributed by atoms with Crippen molar-refractivity contribution in [3.63, 3.8) is 0 Å². The van der Waals surface area contributed by atoms with E-state index in [2.05, 4.69) is 15.4 Å². The Balaban J connectivity index is 1.97. The zero-order valence-electron chi connectivity index (χ0n) is 14.1. The van der Waals surface area contributed by atoms with Gasteiger partial charge in [-0.05, 0) is 45.3 Å². The van der Waals surface area contributed by atoms with Crippen LogP contribution in [0.2, 0.25) is 0 Å². The Bertz CT molecular complexity index is 921. The highest BCUT2D eigenvalue weighted by Gasteiger charge is 2.16. The number of fused-ring (bicyclic) bond motifs is 1. The fourth-order valence-corrected chi connectivity index (χ4v) is 3.19. The zero-order chi connectivity index (χ0) is 17.8.